The van der Waals surface area contributed by atoms with Crippen LogP contribution >= 0.6 is 0 Å². The van der Waals surface area contributed by atoms with Gasteiger partial charge in [-0.05, 0) is 6.42 Å². The molecule has 1 saturated heterocycles. The van der Waals surface area contributed by atoms with Crippen LogP contribution in [0.25, 0.3) is 0 Å². The van der Waals surface area contributed by atoms with Crippen LogP contribution in [0, 0.1) is 0 Å². The molecule has 1 unspecified atom stereocenters. The molecular formula is C10H16N4O3S. The first-order chi connectivity index (χ1) is 8.30. The van der Waals surface area contributed by atoms with E-state index in [2.05, 4.69) is 5.10 Å². The van der Waals surface area contributed by atoms with Crippen molar-refractivity contribution >= 4 is 21.6 Å². The van der Waals surface area contributed by atoms with Crippen molar-refractivity contribution in [3.63, 3.8) is 0 Å². The highest BCUT2D eigenvalue weighted by Gasteiger charge is 2.33. The van der Waals surface area contributed by atoms with Crippen LogP contribution in [0.4, 0.5) is 5.82 Å². The SMILES string of the molecule is CN(C(=O)c1cc(N)n(C)n1)C1CCS(=O)(=O)C1. The maximum Gasteiger partial charge on any atom is 0.274 e. The summed E-state index contributed by atoms with van der Waals surface area (Å²) in [6.07, 6.45) is 0.479. The monoisotopic (exact) mass is 272 g/mol. The van der Waals surface area contributed by atoms with Gasteiger partial charge in [0.15, 0.2) is 15.5 Å². The minimum atomic E-state index is -3.00. The number of nitrogens with two attached hydrogens (primary N) is 1. The first-order valence-corrected chi connectivity index (χ1v) is 7.39. The van der Waals surface area contributed by atoms with E-state index >= 15 is 0 Å². The van der Waals surface area contributed by atoms with Crippen LogP contribution in [0.1, 0.15) is 16.9 Å². The maximum absolute atomic E-state index is 12.1. The maximum atomic E-state index is 12.1. The fourth-order valence-corrected chi connectivity index (χ4v) is 3.79. The molecule has 100 valence electrons. The Labute approximate surface area is 105 Å². The summed E-state index contributed by atoms with van der Waals surface area (Å²) in [6.45, 7) is 0. The molecule has 2 rings (SSSR count). The molecule has 2 heterocycles. The topological polar surface area (TPSA) is 98.3 Å². The number of aromatic nitrogens is 2. The molecule has 1 atom stereocenters. The molecule has 7 nitrogen and oxygen atoms in total. The summed E-state index contributed by atoms with van der Waals surface area (Å²) < 4.78 is 24.2. The normalized spacial score (nSPS) is 22.0. The lowest BCUT2D eigenvalue weighted by atomic mass is 10.2. The predicted octanol–water partition coefficient (Wildman–Crippen LogP) is -0.739. The van der Waals surface area contributed by atoms with Crippen molar-refractivity contribution in [2.24, 2.45) is 7.05 Å². The Kier molecular flexibility index (Phi) is 3.05. The zero-order valence-electron chi connectivity index (χ0n) is 10.3. The van der Waals surface area contributed by atoms with Crippen LogP contribution in [0.15, 0.2) is 6.07 Å². The number of nitrogens with zero attached hydrogens (tertiary/aromatic N) is 3. The molecule has 1 fully saturated rings. The standard InChI is InChI=1S/C10H16N4O3S/c1-13(7-3-4-18(16,17)6-7)10(15)8-5-9(11)14(2)12-8/h5,7H,3-4,6,11H2,1-2H3. The largest absolute Gasteiger partial charge is 0.384 e. The molecule has 18 heavy (non-hydrogen) atoms. The van der Waals surface area contributed by atoms with Gasteiger partial charge in [0.25, 0.3) is 5.91 Å². The molecule has 2 N–H and O–H groups in total. The number of rotatable bonds is 2. The second kappa shape index (κ2) is 4.27. The van der Waals surface area contributed by atoms with Crippen LogP contribution in [0.2, 0.25) is 0 Å². The Balaban J connectivity index is 2.15. The minimum Gasteiger partial charge on any atom is -0.384 e. The van der Waals surface area contributed by atoms with Gasteiger partial charge >= 0.3 is 0 Å². The van der Waals surface area contributed by atoms with Gasteiger partial charge in [-0.2, -0.15) is 5.10 Å². The summed E-state index contributed by atoms with van der Waals surface area (Å²) >= 11 is 0. The summed E-state index contributed by atoms with van der Waals surface area (Å²) in [4.78, 5) is 13.5. The van der Waals surface area contributed by atoms with Crippen LogP contribution in [0.3, 0.4) is 0 Å². The molecule has 0 spiro atoms. The Morgan fingerprint density at radius 3 is 2.72 bits per heavy atom. The Morgan fingerprint density at radius 1 is 1.61 bits per heavy atom. The number of carbonyl (C=O) groups excluding carboxylic acids is 1. The Morgan fingerprint density at radius 2 is 2.28 bits per heavy atom. The average Bonchev–Trinajstić information content (AvgIpc) is 2.81. The lowest BCUT2D eigenvalue weighted by molar-refractivity contribution is 0.0741. The molecule has 0 radical (unpaired) electrons. The summed E-state index contributed by atoms with van der Waals surface area (Å²) in [5.74, 6) is 0.257. The van der Waals surface area contributed by atoms with Gasteiger partial charge in [0.05, 0.1) is 11.5 Å². The van der Waals surface area contributed by atoms with Crippen LogP contribution in [-0.4, -0.2) is 53.6 Å². The zero-order valence-corrected chi connectivity index (χ0v) is 11.1. The smallest absolute Gasteiger partial charge is 0.274 e. The number of nitrogen functional groups attached to an aromatic ring is 1. The quantitative estimate of drug-likeness (QED) is 0.764. The fourth-order valence-electron chi connectivity index (χ4n) is 2.01. The van der Waals surface area contributed by atoms with Crippen molar-refractivity contribution in [1.29, 1.82) is 0 Å². The van der Waals surface area contributed by atoms with Gasteiger partial charge in [0.2, 0.25) is 0 Å². The van der Waals surface area contributed by atoms with E-state index in [0.29, 0.717) is 12.2 Å². The lowest BCUT2D eigenvalue weighted by Gasteiger charge is -2.22. The fraction of sp³-hybridized carbons (Fsp3) is 0.600. The van der Waals surface area contributed by atoms with E-state index in [1.807, 2.05) is 0 Å². The highest BCUT2D eigenvalue weighted by atomic mass is 32.2. The van der Waals surface area contributed by atoms with Gasteiger partial charge in [-0.25, -0.2) is 8.42 Å². The van der Waals surface area contributed by atoms with Gasteiger partial charge in [-0.3, -0.25) is 9.48 Å². The molecule has 0 aliphatic carbocycles. The summed E-state index contributed by atoms with van der Waals surface area (Å²) in [5.41, 5.74) is 5.85. The van der Waals surface area contributed by atoms with Gasteiger partial charge in [0.1, 0.15) is 5.82 Å². The van der Waals surface area contributed by atoms with Gasteiger partial charge in [-0.1, -0.05) is 0 Å². The van der Waals surface area contributed by atoms with Crippen molar-refractivity contribution < 1.29 is 13.2 Å². The first kappa shape index (κ1) is 12.9. The predicted molar refractivity (Wildman–Crippen MR) is 66.8 cm³/mol. The molecule has 1 aliphatic rings. The van der Waals surface area contributed by atoms with Crippen molar-refractivity contribution in [1.82, 2.24) is 14.7 Å². The summed E-state index contributed by atoms with van der Waals surface area (Å²) in [6, 6.07) is 1.22. The van der Waals surface area contributed by atoms with Crippen molar-refractivity contribution in [2.45, 2.75) is 12.5 Å². The van der Waals surface area contributed by atoms with Gasteiger partial charge in [0, 0.05) is 26.2 Å². The van der Waals surface area contributed by atoms with E-state index in [9.17, 15) is 13.2 Å². The minimum absolute atomic E-state index is 0.0254. The number of amides is 1. The van der Waals surface area contributed by atoms with Crippen LogP contribution < -0.4 is 5.73 Å². The second-order valence-corrected chi connectivity index (χ2v) is 6.78. The highest BCUT2D eigenvalue weighted by Crippen LogP contribution is 2.18. The molecule has 1 amide bonds. The van der Waals surface area contributed by atoms with Crippen LogP contribution in [0.5, 0.6) is 0 Å². The highest BCUT2D eigenvalue weighted by molar-refractivity contribution is 7.91. The van der Waals surface area contributed by atoms with Gasteiger partial charge in [-0.15, -0.1) is 0 Å². The number of sulfone groups is 1. The van der Waals surface area contributed by atoms with E-state index in [1.165, 1.54) is 15.6 Å². The molecule has 0 saturated carbocycles. The third-order valence-corrected chi connectivity index (χ3v) is 4.96. The lowest BCUT2D eigenvalue weighted by Crippen LogP contribution is -2.38. The molecule has 1 aromatic rings. The summed E-state index contributed by atoms with van der Waals surface area (Å²) in [5, 5.41) is 3.99. The van der Waals surface area contributed by atoms with E-state index in [-0.39, 0.29) is 29.1 Å². The van der Waals surface area contributed by atoms with Crippen LogP contribution in [-0.2, 0) is 16.9 Å². The third kappa shape index (κ3) is 2.33. The summed E-state index contributed by atoms with van der Waals surface area (Å²) in [7, 11) is 0.238. The zero-order chi connectivity index (χ0) is 13.5. The van der Waals surface area contributed by atoms with Crippen molar-refractivity contribution in [2.75, 3.05) is 24.3 Å². The average molecular weight is 272 g/mol. The molecule has 1 aliphatic heterocycles. The van der Waals surface area contributed by atoms with Gasteiger partial charge < -0.3 is 10.6 Å². The Hall–Kier alpha value is -1.57. The van der Waals surface area contributed by atoms with E-state index in [4.69, 9.17) is 5.73 Å². The molecule has 0 bridgehead atoms. The number of hydrogen-bond donors (Lipinski definition) is 1. The van der Waals surface area contributed by atoms with Crippen molar-refractivity contribution in [3.8, 4) is 0 Å². The number of anilines is 1. The molecule has 8 heteroatoms. The molecule has 0 aromatic carbocycles. The van der Waals surface area contributed by atoms with E-state index in [1.54, 1.807) is 14.1 Å². The van der Waals surface area contributed by atoms with E-state index < -0.39 is 9.84 Å². The van der Waals surface area contributed by atoms with E-state index in [0.717, 1.165) is 0 Å². The third-order valence-electron chi connectivity index (χ3n) is 3.21. The molecular weight excluding hydrogens is 256 g/mol. The molecule has 1 aromatic heterocycles. The van der Waals surface area contributed by atoms with Crippen molar-refractivity contribution in [3.05, 3.63) is 11.8 Å². The number of aryl methyl sites for hydroxylation is 1. The number of hydrogen-bond acceptors (Lipinski definition) is 5. The Bertz CT molecular complexity index is 558. The first-order valence-electron chi connectivity index (χ1n) is 5.57. The second-order valence-electron chi connectivity index (χ2n) is 4.55. The number of carbonyl (C=O) groups is 1.